The van der Waals surface area contributed by atoms with Gasteiger partial charge in [0.25, 0.3) is 0 Å². The normalized spacial score (nSPS) is 11.9. The van der Waals surface area contributed by atoms with Crippen molar-refractivity contribution in [1.29, 1.82) is 0 Å². The van der Waals surface area contributed by atoms with E-state index >= 15 is 0 Å². The third kappa shape index (κ3) is 6.50. The fourth-order valence-electron chi connectivity index (χ4n) is 3.82. The van der Waals surface area contributed by atoms with Crippen molar-refractivity contribution in [3.63, 3.8) is 0 Å². The van der Waals surface area contributed by atoms with Crippen molar-refractivity contribution in [3.8, 4) is 17.2 Å². The SMILES string of the molecule is COc1ccc([C@H](CC[NH2+]Cc2ccc(OC(C)C)cc2)c2ccccc2OC)cc1. The molecule has 0 aliphatic heterocycles. The highest BCUT2D eigenvalue weighted by Crippen LogP contribution is 2.34. The zero-order valence-corrected chi connectivity index (χ0v) is 19.0. The maximum absolute atomic E-state index is 5.73. The maximum atomic E-state index is 5.73. The van der Waals surface area contributed by atoms with Crippen LogP contribution in [0.3, 0.4) is 0 Å². The molecule has 31 heavy (non-hydrogen) atoms. The van der Waals surface area contributed by atoms with Gasteiger partial charge in [-0.1, -0.05) is 30.3 Å². The molecule has 3 rings (SSSR count). The van der Waals surface area contributed by atoms with Crippen molar-refractivity contribution in [3.05, 3.63) is 89.5 Å². The van der Waals surface area contributed by atoms with E-state index in [4.69, 9.17) is 14.2 Å². The second-order valence-corrected chi connectivity index (χ2v) is 7.95. The Hall–Kier alpha value is -2.98. The first kappa shape index (κ1) is 22.7. The Morgan fingerprint density at radius 2 is 1.45 bits per heavy atom. The van der Waals surface area contributed by atoms with Gasteiger partial charge >= 0.3 is 0 Å². The zero-order chi connectivity index (χ0) is 22.1. The predicted molar refractivity (Wildman–Crippen MR) is 125 cm³/mol. The van der Waals surface area contributed by atoms with Gasteiger partial charge in [-0.25, -0.2) is 0 Å². The van der Waals surface area contributed by atoms with Crippen LogP contribution in [0, 0.1) is 0 Å². The predicted octanol–water partition coefficient (Wildman–Crippen LogP) is 4.78. The summed E-state index contributed by atoms with van der Waals surface area (Å²) in [7, 11) is 3.44. The third-order valence-corrected chi connectivity index (χ3v) is 5.37. The molecule has 0 aliphatic rings. The van der Waals surface area contributed by atoms with Crippen LogP contribution >= 0.6 is 0 Å². The van der Waals surface area contributed by atoms with Gasteiger partial charge in [0.1, 0.15) is 23.8 Å². The molecule has 2 N–H and O–H groups in total. The number of methoxy groups -OCH3 is 2. The number of hydrogen-bond acceptors (Lipinski definition) is 3. The number of ether oxygens (including phenoxy) is 3. The maximum Gasteiger partial charge on any atom is 0.122 e. The van der Waals surface area contributed by atoms with Gasteiger partial charge in [0, 0.05) is 23.5 Å². The van der Waals surface area contributed by atoms with Gasteiger partial charge < -0.3 is 19.5 Å². The van der Waals surface area contributed by atoms with Gasteiger partial charge in [-0.2, -0.15) is 0 Å². The quantitative estimate of drug-likeness (QED) is 0.454. The molecule has 1 atom stereocenters. The van der Waals surface area contributed by atoms with Gasteiger partial charge in [0.2, 0.25) is 0 Å². The Balaban J connectivity index is 1.66. The van der Waals surface area contributed by atoms with Gasteiger partial charge in [0.15, 0.2) is 0 Å². The summed E-state index contributed by atoms with van der Waals surface area (Å²) in [5, 5.41) is 2.37. The number of para-hydroxylation sites is 1. The summed E-state index contributed by atoms with van der Waals surface area (Å²) >= 11 is 0. The monoisotopic (exact) mass is 420 g/mol. The van der Waals surface area contributed by atoms with Crippen molar-refractivity contribution in [2.75, 3.05) is 20.8 Å². The summed E-state index contributed by atoms with van der Waals surface area (Å²) in [5.74, 6) is 3.00. The number of quaternary nitrogens is 1. The van der Waals surface area contributed by atoms with Crippen LogP contribution in [0.15, 0.2) is 72.8 Å². The summed E-state index contributed by atoms with van der Waals surface area (Å²) in [6.45, 7) is 6.05. The minimum atomic E-state index is 0.197. The van der Waals surface area contributed by atoms with Gasteiger partial charge in [-0.05, 0) is 61.9 Å². The summed E-state index contributed by atoms with van der Waals surface area (Å²) in [6, 6.07) is 25.1. The average molecular weight is 421 g/mol. The number of nitrogens with two attached hydrogens (primary N) is 1. The molecule has 0 fully saturated rings. The van der Waals surface area contributed by atoms with Crippen LogP contribution in [-0.2, 0) is 6.54 Å². The molecule has 0 unspecified atom stereocenters. The standard InChI is InChI=1S/C27H33NO3/c1-20(2)31-24-13-9-21(10-14-24)19-28-18-17-25(22-11-15-23(29-3)16-12-22)26-7-5-6-8-27(26)30-4/h5-16,20,25,28H,17-19H2,1-4H3/p+1/t25-/m0/s1. The van der Waals surface area contributed by atoms with E-state index in [1.54, 1.807) is 14.2 Å². The molecule has 4 nitrogen and oxygen atoms in total. The highest BCUT2D eigenvalue weighted by atomic mass is 16.5. The molecule has 0 aliphatic carbocycles. The van der Waals surface area contributed by atoms with Crippen LogP contribution in [0.1, 0.15) is 42.9 Å². The smallest absolute Gasteiger partial charge is 0.122 e. The first-order valence-electron chi connectivity index (χ1n) is 10.9. The average Bonchev–Trinajstić information content (AvgIpc) is 2.80. The van der Waals surface area contributed by atoms with E-state index in [0.717, 1.165) is 36.8 Å². The number of rotatable bonds is 11. The molecule has 0 bridgehead atoms. The van der Waals surface area contributed by atoms with Crippen molar-refractivity contribution in [1.82, 2.24) is 0 Å². The van der Waals surface area contributed by atoms with Crippen molar-refractivity contribution in [2.24, 2.45) is 0 Å². The molecule has 164 valence electrons. The molecular weight excluding hydrogens is 386 g/mol. The Bertz CT molecular complexity index is 920. The molecule has 0 spiro atoms. The van der Waals surface area contributed by atoms with Crippen LogP contribution < -0.4 is 19.5 Å². The number of hydrogen-bond donors (Lipinski definition) is 1. The highest BCUT2D eigenvalue weighted by Gasteiger charge is 2.19. The molecule has 3 aromatic carbocycles. The van der Waals surface area contributed by atoms with Gasteiger partial charge in [0.05, 0.1) is 26.9 Å². The lowest BCUT2D eigenvalue weighted by atomic mass is 9.88. The van der Waals surface area contributed by atoms with E-state index in [9.17, 15) is 0 Å². The molecule has 0 heterocycles. The highest BCUT2D eigenvalue weighted by molar-refractivity contribution is 5.43. The molecule has 4 heteroatoms. The first-order chi connectivity index (χ1) is 15.1. The molecule has 0 saturated carbocycles. The summed E-state index contributed by atoms with van der Waals surface area (Å²) in [5.41, 5.74) is 3.79. The van der Waals surface area contributed by atoms with Crippen molar-refractivity contribution >= 4 is 0 Å². The van der Waals surface area contributed by atoms with Crippen molar-refractivity contribution in [2.45, 2.75) is 38.8 Å². The Labute approximate surface area is 186 Å². The van der Waals surface area contributed by atoms with E-state index in [2.05, 4.69) is 53.8 Å². The lowest BCUT2D eigenvalue weighted by Crippen LogP contribution is -2.82. The Kier molecular flexibility index (Phi) is 8.36. The van der Waals surface area contributed by atoms with E-state index in [1.807, 2.05) is 38.1 Å². The lowest BCUT2D eigenvalue weighted by molar-refractivity contribution is -0.671. The summed E-state index contributed by atoms with van der Waals surface area (Å²) in [4.78, 5) is 0. The topological polar surface area (TPSA) is 44.3 Å². The molecule has 0 amide bonds. The van der Waals surface area contributed by atoms with E-state index in [1.165, 1.54) is 16.7 Å². The van der Waals surface area contributed by atoms with Crippen LogP contribution in [0.5, 0.6) is 17.2 Å². The second-order valence-electron chi connectivity index (χ2n) is 7.95. The third-order valence-electron chi connectivity index (χ3n) is 5.37. The van der Waals surface area contributed by atoms with Gasteiger partial charge in [-0.3, -0.25) is 0 Å². The van der Waals surface area contributed by atoms with Crippen LogP contribution in [0.25, 0.3) is 0 Å². The van der Waals surface area contributed by atoms with E-state index in [0.29, 0.717) is 0 Å². The molecule has 3 aromatic rings. The molecular formula is C27H34NO3+. The molecule has 0 saturated heterocycles. The molecule has 0 radical (unpaired) electrons. The Morgan fingerprint density at radius 3 is 2.10 bits per heavy atom. The van der Waals surface area contributed by atoms with E-state index < -0.39 is 0 Å². The van der Waals surface area contributed by atoms with E-state index in [-0.39, 0.29) is 12.0 Å². The fraction of sp³-hybridized carbons (Fsp3) is 0.333. The van der Waals surface area contributed by atoms with Crippen LogP contribution in [-0.4, -0.2) is 26.9 Å². The minimum absolute atomic E-state index is 0.197. The molecule has 0 aromatic heterocycles. The lowest BCUT2D eigenvalue weighted by Gasteiger charge is -2.20. The summed E-state index contributed by atoms with van der Waals surface area (Å²) in [6.07, 6.45) is 1.21. The van der Waals surface area contributed by atoms with Crippen LogP contribution in [0.2, 0.25) is 0 Å². The Morgan fingerprint density at radius 1 is 0.774 bits per heavy atom. The van der Waals surface area contributed by atoms with Gasteiger partial charge in [-0.15, -0.1) is 0 Å². The number of benzene rings is 3. The summed E-state index contributed by atoms with van der Waals surface area (Å²) < 4.78 is 16.7. The largest absolute Gasteiger partial charge is 0.497 e. The fourth-order valence-corrected chi connectivity index (χ4v) is 3.82. The second kappa shape index (κ2) is 11.4. The van der Waals surface area contributed by atoms with Crippen molar-refractivity contribution < 1.29 is 19.5 Å². The zero-order valence-electron chi connectivity index (χ0n) is 19.0. The minimum Gasteiger partial charge on any atom is -0.497 e. The first-order valence-corrected chi connectivity index (χ1v) is 10.9. The van der Waals surface area contributed by atoms with Crippen LogP contribution in [0.4, 0.5) is 0 Å².